The van der Waals surface area contributed by atoms with Gasteiger partial charge in [-0.2, -0.15) is 0 Å². The third kappa shape index (κ3) is 18.7. The zero-order valence-corrected chi connectivity index (χ0v) is 21.6. The van der Waals surface area contributed by atoms with E-state index in [4.69, 9.17) is 4.74 Å². The molecule has 0 fully saturated rings. The van der Waals surface area contributed by atoms with Gasteiger partial charge in [-0.3, -0.25) is 9.59 Å². The first-order valence-electron chi connectivity index (χ1n) is 13.6. The molecule has 6 heteroatoms. The molecule has 1 N–H and O–H groups in total. The molecule has 1 atom stereocenters. The number of benzene rings is 1. The molecule has 0 saturated carbocycles. The average molecular weight is 498 g/mol. The van der Waals surface area contributed by atoms with Crippen molar-refractivity contribution in [2.75, 3.05) is 0 Å². The molecule has 194 valence electrons. The van der Waals surface area contributed by atoms with Crippen molar-refractivity contribution in [1.82, 2.24) is 5.32 Å². The standard InChI is InChI=1S/C29H47NO4.Na.H/c1-3-5-7-9-11-13-18-22-27(31)30-26(24-25-20-16-15-17-21-25)29(33)34-28(32)23-19-14-12-10-8-6-4-2;;/h15-17,20-21,26H,3-14,18-19,22-24H2,1-2H3,(H,30,31);;/t26-;;/m0../s1. The van der Waals surface area contributed by atoms with Gasteiger partial charge in [0.15, 0.2) is 0 Å². The predicted octanol–water partition coefficient (Wildman–Crippen LogP) is 6.42. The van der Waals surface area contributed by atoms with Gasteiger partial charge in [0.2, 0.25) is 5.91 Å². The minimum absolute atomic E-state index is 0. The molecule has 0 radical (unpaired) electrons. The first kappa shape index (κ1) is 33.8. The Morgan fingerprint density at radius 2 is 1.20 bits per heavy atom. The zero-order valence-electron chi connectivity index (χ0n) is 21.6. The molecule has 0 aliphatic rings. The van der Waals surface area contributed by atoms with Crippen molar-refractivity contribution in [3.8, 4) is 0 Å². The summed E-state index contributed by atoms with van der Waals surface area (Å²) < 4.78 is 5.12. The molecule has 0 saturated heterocycles. The van der Waals surface area contributed by atoms with Crippen molar-refractivity contribution in [2.45, 2.75) is 129 Å². The second kappa shape index (κ2) is 23.2. The molecule has 1 amide bonds. The Morgan fingerprint density at radius 1 is 0.714 bits per heavy atom. The molecule has 1 aromatic carbocycles. The van der Waals surface area contributed by atoms with Crippen LogP contribution in [-0.4, -0.2) is 53.4 Å². The summed E-state index contributed by atoms with van der Waals surface area (Å²) >= 11 is 0. The summed E-state index contributed by atoms with van der Waals surface area (Å²) in [4.78, 5) is 37.4. The maximum absolute atomic E-state index is 12.7. The molecule has 0 bridgehead atoms. The number of amides is 1. The van der Waals surface area contributed by atoms with Crippen molar-refractivity contribution in [3.63, 3.8) is 0 Å². The molecule has 5 nitrogen and oxygen atoms in total. The molecule has 1 rings (SSSR count). The van der Waals surface area contributed by atoms with Gasteiger partial charge in [0.25, 0.3) is 0 Å². The predicted molar refractivity (Wildman–Crippen MR) is 146 cm³/mol. The maximum atomic E-state index is 12.7. The number of rotatable bonds is 20. The van der Waals surface area contributed by atoms with Crippen LogP contribution in [0.1, 0.15) is 122 Å². The number of carbonyl (C=O) groups excluding carboxylic acids is 3. The molecule has 0 unspecified atom stereocenters. The van der Waals surface area contributed by atoms with Crippen LogP contribution < -0.4 is 5.32 Å². The van der Waals surface area contributed by atoms with Crippen LogP contribution in [0.15, 0.2) is 30.3 Å². The number of ether oxygens (including phenoxy) is 1. The van der Waals surface area contributed by atoms with Crippen LogP contribution in [0, 0.1) is 0 Å². The van der Waals surface area contributed by atoms with Crippen molar-refractivity contribution in [3.05, 3.63) is 35.9 Å². The van der Waals surface area contributed by atoms with E-state index >= 15 is 0 Å². The first-order chi connectivity index (χ1) is 16.6. The monoisotopic (exact) mass is 497 g/mol. The van der Waals surface area contributed by atoms with E-state index in [1.165, 1.54) is 51.4 Å². The molecule has 0 aliphatic heterocycles. The Morgan fingerprint density at radius 3 is 1.74 bits per heavy atom. The fraction of sp³-hybridized carbons (Fsp3) is 0.690. The molecule has 0 heterocycles. The van der Waals surface area contributed by atoms with E-state index in [2.05, 4.69) is 19.2 Å². The quantitative estimate of drug-likeness (QED) is 0.0977. The van der Waals surface area contributed by atoms with Crippen LogP contribution in [-0.2, 0) is 25.5 Å². The van der Waals surface area contributed by atoms with Crippen LogP contribution in [0.3, 0.4) is 0 Å². The number of carbonyl (C=O) groups is 3. The third-order valence-electron chi connectivity index (χ3n) is 6.11. The topological polar surface area (TPSA) is 72.5 Å². The molecule has 0 aromatic heterocycles. The summed E-state index contributed by atoms with van der Waals surface area (Å²) in [5.41, 5.74) is 0.917. The normalized spacial score (nSPS) is 11.4. The summed E-state index contributed by atoms with van der Waals surface area (Å²) in [6, 6.07) is 8.65. The number of esters is 2. The Kier molecular flexibility index (Phi) is 22.5. The Hall–Kier alpha value is -1.17. The number of nitrogens with one attached hydrogen (secondary N) is 1. The van der Waals surface area contributed by atoms with Crippen molar-refractivity contribution in [2.24, 2.45) is 0 Å². The van der Waals surface area contributed by atoms with Gasteiger partial charge in [0, 0.05) is 19.3 Å². The van der Waals surface area contributed by atoms with E-state index in [9.17, 15) is 14.4 Å². The average Bonchev–Trinajstić information content (AvgIpc) is 2.83. The molecule has 35 heavy (non-hydrogen) atoms. The van der Waals surface area contributed by atoms with Gasteiger partial charge in [0.05, 0.1) is 0 Å². The van der Waals surface area contributed by atoms with E-state index in [1.807, 2.05) is 30.3 Å². The Balaban J connectivity index is 0.0000116. The summed E-state index contributed by atoms with van der Waals surface area (Å²) in [6.45, 7) is 4.39. The second-order valence-electron chi connectivity index (χ2n) is 9.35. The van der Waals surface area contributed by atoms with Gasteiger partial charge >= 0.3 is 41.5 Å². The van der Waals surface area contributed by atoms with Gasteiger partial charge in [-0.25, -0.2) is 4.79 Å². The fourth-order valence-corrected chi connectivity index (χ4v) is 4.01. The van der Waals surface area contributed by atoms with Crippen molar-refractivity contribution < 1.29 is 19.1 Å². The number of unbranched alkanes of at least 4 members (excludes halogenated alkanes) is 12. The van der Waals surface area contributed by atoms with Crippen LogP contribution in [0.4, 0.5) is 0 Å². The summed E-state index contributed by atoms with van der Waals surface area (Å²) in [6.07, 6.45) is 16.5. The van der Waals surface area contributed by atoms with Gasteiger partial charge in [0.1, 0.15) is 6.04 Å². The Bertz CT molecular complexity index is 681. The van der Waals surface area contributed by atoms with E-state index in [0.717, 1.165) is 44.1 Å². The first-order valence-corrected chi connectivity index (χ1v) is 13.6. The molecular weight excluding hydrogens is 449 g/mol. The van der Waals surface area contributed by atoms with Crippen molar-refractivity contribution >= 4 is 47.4 Å². The fourth-order valence-electron chi connectivity index (χ4n) is 4.01. The van der Waals surface area contributed by atoms with E-state index < -0.39 is 18.0 Å². The molecular formula is C29H48NNaO4. The van der Waals surface area contributed by atoms with E-state index in [-0.39, 0.29) is 41.9 Å². The zero-order chi connectivity index (χ0) is 24.9. The van der Waals surface area contributed by atoms with Gasteiger partial charge < -0.3 is 10.1 Å². The summed E-state index contributed by atoms with van der Waals surface area (Å²) in [5.74, 6) is -1.33. The van der Waals surface area contributed by atoms with E-state index in [0.29, 0.717) is 12.8 Å². The summed E-state index contributed by atoms with van der Waals surface area (Å²) in [7, 11) is 0. The van der Waals surface area contributed by atoms with Crippen LogP contribution in [0.2, 0.25) is 0 Å². The molecule has 0 spiro atoms. The van der Waals surface area contributed by atoms with E-state index in [1.54, 1.807) is 0 Å². The SMILES string of the molecule is CCCCCCCCCC(=O)N[C@@H](Cc1ccccc1)C(=O)OC(=O)CCCCCCCCC.[NaH]. The molecule has 1 aromatic rings. The third-order valence-corrected chi connectivity index (χ3v) is 6.11. The number of hydrogen-bond donors (Lipinski definition) is 1. The number of hydrogen-bond acceptors (Lipinski definition) is 4. The Labute approximate surface area is 235 Å². The van der Waals surface area contributed by atoms with Gasteiger partial charge in [-0.05, 0) is 18.4 Å². The van der Waals surface area contributed by atoms with Crippen molar-refractivity contribution in [1.29, 1.82) is 0 Å². The minimum atomic E-state index is -0.850. The van der Waals surface area contributed by atoms with Crippen LogP contribution >= 0.6 is 0 Å². The van der Waals surface area contributed by atoms with Crippen LogP contribution in [0.25, 0.3) is 0 Å². The van der Waals surface area contributed by atoms with Gasteiger partial charge in [-0.1, -0.05) is 121 Å². The van der Waals surface area contributed by atoms with Gasteiger partial charge in [-0.15, -0.1) is 0 Å². The molecule has 0 aliphatic carbocycles. The van der Waals surface area contributed by atoms with Crippen LogP contribution in [0.5, 0.6) is 0 Å². The summed E-state index contributed by atoms with van der Waals surface area (Å²) in [5, 5.41) is 2.81. The second-order valence-corrected chi connectivity index (χ2v) is 9.35.